The van der Waals surface area contributed by atoms with Gasteiger partial charge in [0.15, 0.2) is 12.4 Å². The Hall–Kier alpha value is -1.94. The average molecular weight is 557 g/mol. The second-order valence-electron chi connectivity index (χ2n) is 10.6. The molecule has 3 aliphatic rings. The molecule has 1 saturated carbocycles. The summed E-state index contributed by atoms with van der Waals surface area (Å²) in [6.07, 6.45) is 2.11. The van der Waals surface area contributed by atoms with Crippen LogP contribution >= 0.6 is 11.8 Å². The molecule has 212 valence electrons. The number of carbonyl (C=O) groups excluding carboxylic acids is 1. The van der Waals surface area contributed by atoms with E-state index < -0.39 is 48.2 Å². The third-order valence-electron chi connectivity index (χ3n) is 7.79. The Labute approximate surface area is 235 Å². The van der Waals surface area contributed by atoms with Gasteiger partial charge in [-0.25, -0.2) is 4.79 Å². The molecule has 0 aromatic heterocycles. The minimum absolute atomic E-state index is 0.182. The molecule has 0 spiro atoms. The highest BCUT2D eigenvalue weighted by Crippen LogP contribution is 2.39. The van der Waals surface area contributed by atoms with Crippen molar-refractivity contribution in [3.63, 3.8) is 0 Å². The molecule has 7 nitrogen and oxygen atoms in total. The highest BCUT2D eigenvalue weighted by Gasteiger charge is 2.51. The van der Waals surface area contributed by atoms with Crippen LogP contribution in [-0.4, -0.2) is 59.4 Å². The fourth-order valence-electron chi connectivity index (χ4n) is 5.74. The molecule has 2 aromatic carbocycles. The van der Waals surface area contributed by atoms with E-state index in [2.05, 4.69) is 0 Å². The van der Waals surface area contributed by atoms with E-state index in [1.807, 2.05) is 67.6 Å². The Morgan fingerprint density at radius 1 is 1.03 bits per heavy atom. The fourth-order valence-corrected chi connectivity index (χ4v) is 6.65. The van der Waals surface area contributed by atoms with E-state index in [1.165, 1.54) is 18.2 Å². The number of hydrogen-bond donors (Lipinski definition) is 1. The first-order valence-electron chi connectivity index (χ1n) is 14.3. The van der Waals surface area contributed by atoms with Crippen LogP contribution < -0.4 is 0 Å². The van der Waals surface area contributed by atoms with Crippen LogP contribution in [0.4, 0.5) is 0 Å². The third kappa shape index (κ3) is 7.43. The smallest absolute Gasteiger partial charge is 0.335 e. The fraction of sp³-hybridized carbons (Fsp3) is 0.581. The molecule has 2 saturated heterocycles. The number of fused-ring (bicyclic) bond motifs is 1. The summed E-state index contributed by atoms with van der Waals surface area (Å²) in [4.78, 5) is 13.5. The molecule has 2 heterocycles. The van der Waals surface area contributed by atoms with Gasteiger partial charge >= 0.3 is 5.97 Å². The van der Waals surface area contributed by atoms with Gasteiger partial charge in [0.25, 0.3) is 0 Å². The van der Waals surface area contributed by atoms with Gasteiger partial charge in [0.05, 0.1) is 6.61 Å². The molecule has 0 bridgehead atoms. The van der Waals surface area contributed by atoms with Crippen molar-refractivity contribution in [3.05, 3.63) is 71.8 Å². The van der Waals surface area contributed by atoms with Crippen LogP contribution in [0.25, 0.3) is 0 Å². The molecule has 5 rings (SSSR count). The first kappa shape index (κ1) is 28.6. The van der Waals surface area contributed by atoms with E-state index in [-0.39, 0.29) is 6.61 Å². The molecule has 0 amide bonds. The van der Waals surface area contributed by atoms with E-state index in [4.69, 9.17) is 23.7 Å². The average Bonchev–Trinajstić information content (AvgIpc) is 2.99. The Balaban J connectivity index is 1.35. The lowest BCUT2D eigenvalue weighted by atomic mass is 9.85. The number of ether oxygens (including phenoxy) is 5. The number of benzene rings is 2. The number of aliphatic hydroxyl groups is 1. The van der Waals surface area contributed by atoms with Crippen LogP contribution in [0.5, 0.6) is 0 Å². The molecule has 1 N–H and O–H groups in total. The van der Waals surface area contributed by atoms with E-state index in [0.717, 1.165) is 42.6 Å². The van der Waals surface area contributed by atoms with E-state index in [1.54, 1.807) is 0 Å². The summed E-state index contributed by atoms with van der Waals surface area (Å²) in [5.41, 5.74) is 1.30. The zero-order chi connectivity index (χ0) is 27.0. The minimum atomic E-state index is -0.971. The Kier molecular flexibility index (Phi) is 10.3. The van der Waals surface area contributed by atoms with Crippen molar-refractivity contribution >= 4 is 17.7 Å². The minimum Gasteiger partial charge on any atom is -0.459 e. The van der Waals surface area contributed by atoms with Crippen molar-refractivity contribution in [1.29, 1.82) is 0 Å². The lowest BCUT2D eigenvalue weighted by molar-refractivity contribution is -0.327. The largest absolute Gasteiger partial charge is 0.459 e. The molecular weight excluding hydrogens is 516 g/mol. The summed E-state index contributed by atoms with van der Waals surface area (Å²) < 4.78 is 31.0. The first-order chi connectivity index (χ1) is 19.1. The zero-order valence-corrected chi connectivity index (χ0v) is 23.4. The van der Waals surface area contributed by atoms with Gasteiger partial charge in [0.2, 0.25) is 0 Å². The summed E-state index contributed by atoms with van der Waals surface area (Å²) >= 11 is 1.52. The Morgan fingerprint density at radius 3 is 2.46 bits per heavy atom. The van der Waals surface area contributed by atoms with Gasteiger partial charge in [-0.15, -0.1) is 11.8 Å². The van der Waals surface area contributed by atoms with Crippen molar-refractivity contribution in [2.45, 2.75) is 94.3 Å². The molecule has 2 aromatic rings. The maximum atomic E-state index is 13.5. The lowest BCUT2D eigenvalue weighted by Gasteiger charge is -2.48. The van der Waals surface area contributed by atoms with E-state index >= 15 is 0 Å². The third-order valence-corrected chi connectivity index (χ3v) is 8.84. The maximum Gasteiger partial charge on any atom is 0.335 e. The van der Waals surface area contributed by atoms with Gasteiger partial charge in [-0.05, 0) is 23.7 Å². The summed E-state index contributed by atoms with van der Waals surface area (Å²) in [6.45, 7) is 2.51. The molecule has 8 heteroatoms. The van der Waals surface area contributed by atoms with Crippen LogP contribution in [-0.2, 0) is 35.1 Å². The van der Waals surface area contributed by atoms with Crippen LogP contribution in [0, 0.1) is 5.92 Å². The molecule has 1 aliphatic carbocycles. The second kappa shape index (κ2) is 14.1. The summed E-state index contributed by atoms with van der Waals surface area (Å²) in [6, 6.07) is 19.4. The molecule has 39 heavy (non-hydrogen) atoms. The zero-order valence-electron chi connectivity index (χ0n) is 22.6. The normalized spacial score (nSPS) is 30.3. The van der Waals surface area contributed by atoms with E-state index in [9.17, 15) is 9.90 Å². The van der Waals surface area contributed by atoms with Crippen LogP contribution in [0.15, 0.2) is 60.7 Å². The summed E-state index contributed by atoms with van der Waals surface area (Å²) in [5, 5.41) is 11.5. The van der Waals surface area contributed by atoms with Gasteiger partial charge < -0.3 is 28.8 Å². The number of thioether (sulfide) groups is 1. The quantitative estimate of drug-likeness (QED) is 0.389. The van der Waals surface area contributed by atoms with Crippen LogP contribution in [0.1, 0.15) is 62.9 Å². The predicted molar refractivity (Wildman–Crippen MR) is 149 cm³/mol. The second-order valence-corrected chi connectivity index (χ2v) is 12.0. The van der Waals surface area contributed by atoms with Gasteiger partial charge in [-0.2, -0.15) is 0 Å². The number of rotatable bonds is 10. The number of esters is 1. The Morgan fingerprint density at radius 2 is 1.74 bits per heavy atom. The van der Waals surface area contributed by atoms with Crippen LogP contribution in [0.3, 0.4) is 0 Å². The first-order valence-corrected chi connectivity index (χ1v) is 15.3. The van der Waals surface area contributed by atoms with Gasteiger partial charge in [0.1, 0.15) is 36.5 Å². The van der Waals surface area contributed by atoms with Crippen molar-refractivity contribution < 1.29 is 33.6 Å². The van der Waals surface area contributed by atoms with Crippen LogP contribution in [0.2, 0.25) is 0 Å². The van der Waals surface area contributed by atoms with Crippen molar-refractivity contribution in [2.24, 2.45) is 5.92 Å². The van der Waals surface area contributed by atoms with Crippen molar-refractivity contribution in [3.8, 4) is 0 Å². The molecule has 4 unspecified atom stereocenters. The van der Waals surface area contributed by atoms with Crippen molar-refractivity contribution in [2.75, 3.05) is 12.4 Å². The SMILES string of the molecule is CCS[C@@H]1O[C@H]2COC(c3ccccc3)OC2C(O[C@@H](CC2CCCCC2)C(=O)OCc2ccccc2)C1O. The topological polar surface area (TPSA) is 83.5 Å². The molecule has 3 fully saturated rings. The standard InChI is InChI=1S/C31H40O7S/c1-2-39-31-26(32)28(27-25(37-31)20-35-30(38-27)23-16-10-5-11-17-23)36-24(18-21-12-6-3-7-13-21)29(33)34-19-22-14-8-4-9-15-22/h4-5,8-11,14-17,21,24-28,30-32H,2-3,6-7,12-13,18-20H2,1H3/t24-,25-,26?,27?,28?,30?,31-/m0/s1. The summed E-state index contributed by atoms with van der Waals surface area (Å²) in [7, 11) is 0. The van der Waals surface area contributed by atoms with Gasteiger partial charge in [0, 0.05) is 5.56 Å². The number of hydrogen-bond acceptors (Lipinski definition) is 8. The lowest BCUT2D eigenvalue weighted by Crippen LogP contribution is -2.62. The monoisotopic (exact) mass is 556 g/mol. The molecule has 7 atom stereocenters. The number of carbonyl (C=O) groups is 1. The van der Waals surface area contributed by atoms with Crippen molar-refractivity contribution in [1.82, 2.24) is 0 Å². The number of aliphatic hydroxyl groups excluding tert-OH is 1. The highest BCUT2D eigenvalue weighted by molar-refractivity contribution is 7.99. The van der Waals surface area contributed by atoms with Gasteiger partial charge in [-0.1, -0.05) is 99.7 Å². The molecule has 2 aliphatic heterocycles. The predicted octanol–water partition coefficient (Wildman–Crippen LogP) is 5.41. The summed E-state index contributed by atoms with van der Waals surface area (Å²) in [5.74, 6) is 0.755. The van der Waals surface area contributed by atoms with E-state index in [0.29, 0.717) is 18.9 Å². The van der Waals surface area contributed by atoms with Gasteiger partial charge in [-0.3, -0.25) is 0 Å². The molecular formula is C31H40O7S. The maximum absolute atomic E-state index is 13.5. The molecule has 0 radical (unpaired) electrons. The Bertz CT molecular complexity index is 1020. The highest BCUT2D eigenvalue weighted by atomic mass is 32.2.